The monoisotopic (exact) mass is 316 g/mol. The molecule has 0 atom stereocenters. The molecule has 1 aliphatic rings. The van der Waals surface area contributed by atoms with Gasteiger partial charge in [-0.15, -0.1) is 0 Å². The summed E-state index contributed by atoms with van der Waals surface area (Å²) < 4.78 is 26.8. The molecule has 0 heterocycles. The van der Waals surface area contributed by atoms with Gasteiger partial charge in [-0.3, -0.25) is 0 Å². The highest BCUT2D eigenvalue weighted by Crippen LogP contribution is 2.29. The maximum Gasteiger partial charge on any atom is 0.244 e. The van der Waals surface area contributed by atoms with Crippen molar-refractivity contribution in [3.63, 3.8) is 0 Å². The number of hydrogen-bond acceptors (Lipinski definition) is 3. The molecule has 0 unspecified atom stereocenters. The molecule has 0 spiro atoms. The van der Waals surface area contributed by atoms with Crippen molar-refractivity contribution >= 4 is 21.6 Å². The molecule has 112 valence electrons. The van der Waals surface area contributed by atoms with Gasteiger partial charge in [-0.1, -0.05) is 17.7 Å². The fourth-order valence-corrected chi connectivity index (χ4v) is 4.62. The molecule has 4 nitrogen and oxygen atoms in total. The van der Waals surface area contributed by atoms with E-state index in [0.717, 1.165) is 31.2 Å². The highest BCUT2D eigenvalue weighted by molar-refractivity contribution is 7.89. The molecule has 0 saturated heterocycles. The Balaban J connectivity index is 2.25. The smallest absolute Gasteiger partial charge is 0.244 e. The van der Waals surface area contributed by atoms with Gasteiger partial charge in [-0.25, -0.2) is 8.42 Å². The summed E-state index contributed by atoms with van der Waals surface area (Å²) in [6.45, 7) is 1.88. The van der Waals surface area contributed by atoms with Gasteiger partial charge in [0.1, 0.15) is 4.90 Å². The van der Waals surface area contributed by atoms with Gasteiger partial charge in [-0.05, 0) is 50.3 Å². The van der Waals surface area contributed by atoms with E-state index in [4.69, 9.17) is 17.3 Å². The summed E-state index contributed by atoms with van der Waals surface area (Å²) in [5, 5.41) is 0.282. The van der Waals surface area contributed by atoms with Crippen LogP contribution in [0.5, 0.6) is 0 Å². The normalized spacial score (nSPS) is 24.1. The van der Waals surface area contributed by atoms with Gasteiger partial charge in [0.15, 0.2) is 0 Å². The lowest BCUT2D eigenvalue weighted by molar-refractivity contribution is 0.268. The number of rotatable bonds is 3. The van der Waals surface area contributed by atoms with E-state index < -0.39 is 10.0 Å². The zero-order valence-electron chi connectivity index (χ0n) is 11.8. The Hall–Kier alpha value is -0.620. The molecule has 0 amide bonds. The SMILES string of the molecule is Cc1ccc(S(=O)(=O)N(C)C2CCC(N)CC2)c(Cl)c1. The van der Waals surface area contributed by atoms with E-state index in [2.05, 4.69) is 0 Å². The van der Waals surface area contributed by atoms with Crippen molar-refractivity contribution in [1.82, 2.24) is 4.31 Å². The van der Waals surface area contributed by atoms with Crippen LogP contribution in [-0.4, -0.2) is 31.9 Å². The first-order valence-corrected chi connectivity index (χ1v) is 8.64. The standard InChI is InChI=1S/C14H21ClN2O2S/c1-10-3-8-14(13(15)9-10)20(18,19)17(2)12-6-4-11(16)5-7-12/h3,8-9,11-12H,4-7,16H2,1-2H3. The quantitative estimate of drug-likeness (QED) is 0.932. The van der Waals surface area contributed by atoms with Gasteiger partial charge in [0.2, 0.25) is 10.0 Å². The number of hydrogen-bond donors (Lipinski definition) is 1. The van der Waals surface area contributed by atoms with E-state index in [1.807, 2.05) is 6.92 Å². The van der Waals surface area contributed by atoms with Gasteiger partial charge in [0.05, 0.1) is 5.02 Å². The molecular formula is C14H21ClN2O2S. The largest absolute Gasteiger partial charge is 0.328 e. The first-order valence-electron chi connectivity index (χ1n) is 6.82. The second kappa shape index (κ2) is 6.02. The molecule has 1 aliphatic carbocycles. The number of halogens is 1. The molecule has 1 aromatic carbocycles. The topological polar surface area (TPSA) is 63.4 Å². The van der Waals surface area contributed by atoms with Crippen molar-refractivity contribution in [2.75, 3.05) is 7.05 Å². The predicted molar refractivity (Wildman–Crippen MR) is 81.4 cm³/mol. The Morgan fingerprint density at radius 3 is 2.40 bits per heavy atom. The fraction of sp³-hybridized carbons (Fsp3) is 0.571. The van der Waals surface area contributed by atoms with Gasteiger partial charge in [0, 0.05) is 19.1 Å². The number of sulfonamides is 1. The van der Waals surface area contributed by atoms with Crippen molar-refractivity contribution in [2.24, 2.45) is 5.73 Å². The number of benzene rings is 1. The van der Waals surface area contributed by atoms with Crippen LogP contribution >= 0.6 is 11.6 Å². The maximum absolute atomic E-state index is 12.7. The van der Waals surface area contributed by atoms with Crippen LogP contribution in [0.2, 0.25) is 5.02 Å². The van der Waals surface area contributed by atoms with Crippen LogP contribution in [0.4, 0.5) is 0 Å². The van der Waals surface area contributed by atoms with Crippen molar-refractivity contribution in [2.45, 2.75) is 49.6 Å². The molecule has 1 saturated carbocycles. The van der Waals surface area contributed by atoms with E-state index in [-0.39, 0.29) is 22.0 Å². The predicted octanol–water partition coefficient (Wildman–Crippen LogP) is 2.54. The van der Waals surface area contributed by atoms with Crippen molar-refractivity contribution in [1.29, 1.82) is 0 Å². The van der Waals surface area contributed by atoms with Gasteiger partial charge in [0.25, 0.3) is 0 Å². The van der Waals surface area contributed by atoms with Crippen LogP contribution < -0.4 is 5.73 Å². The lowest BCUT2D eigenvalue weighted by atomic mass is 9.92. The average molecular weight is 317 g/mol. The van der Waals surface area contributed by atoms with Crippen LogP contribution in [0.3, 0.4) is 0 Å². The van der Waals surface area contributed by atoms with Crippen molar-refractivity contribution in [3.05, 3.63) is 28.8 Å². The Kier molecular flexibility index (Phi) is 4.74. The third-order valence-corrected chi connectivity index (χ3v) is 6.39. The first kappa shape index (κ1) is 15.8. The maximum atomic E-state index is 12.7. The molecule has 2 N–H and O–H groups in total. The Bertz CT molecular complexity index is 581. The van der Waals surface area contributed by atoms with Crippen LogP contribution in [0, 0.1) is 6.92 Å². The second-order valence-corrected chi connectivity index (χ2v) is 7.90. The zero-order valence-corrected chi connectivity index (χ0v) is 13.4. The van der Waals surface area contributed by atoms with E-state index in [0.29, 0.717) is 0 Å². The molecule has 2 rings (SSSR count). The summed E-state index contributed by atoms with van der Waals surface area (Å²) in [7, 11) is -1.91. The highest BCUT2D eigenvalue weighted by Gasteiger charge is 2.31. The third kappa shape index (κ3) is 3.17. The summed E-state index contributed by atoms with van der Waals surface area (Å²) in [5.74, 6) is 0. The van der Waals surface area contributed by atoms with E-state index in [1.165, 1.54) is 4.31 Å². The summed E-state index contributed by atoms with van der Waals surface area (Å²) in [4.78, 5) is 0.183. The molecule has 0 radical (unpaired) electrons. The summed E-state index contributed by atoms with van der Waals surface area (Å²) in [6.07, 6.45) is 3.35. The van der Waals surface area contributed by atoms with Crippen LogP contribution in [0.15, 0.2) is 23.1 Å². The van der Waals surface area contributed by atoms with Crippen LogP contribution in [-0.2, 0) is 10.0 Å². The molecule has 0 bridgehead atoms. The summed E-state index contributed by atoms with van der Waals surface area (Å²) in [6, 6.07) is 5.24. The van der Waals surface area contributed by atoms with Crippen molar-refractivity contribution in [3.8, 4) is 0 Å². The Morgan fingerprint density at radius 2 is 1.85 bits per heavy atom. The number of nitrogens with two attached hydrogens (primary N) is 1. The summed E-state index contributed by atoms with van der Waals surface area (Å²) >= 11 is 6.09. The molecular weight excluding hydrogens is 296 g/mol. The Labute approximate surface area is 126 Å². The number of nitrogens with zero attached hydrogens (tertiary/aromatic N) is 1. The molecule has 6 heteroatoms. The van der Waals surface area contributed by atoms with Crippen molar-refractivity contribution < 1.29 is 8.42 Å². The van der Waals surface area contributed by atoms with E-state index in [1.54, 1.807) is 25.2 Å². The first-order chi connectivity index (χ1) is 9.32. The molecule has 1 aromatic rings. The number of aryl methyl sites for hydroxylation is 1. The highest BCUT2D eigenvalue weighted by atomic mass is 35.5. The minimum absolute atomic E-state index is 0.0113. The lowest BCUT2D eigenvalue weighted by Gasteiger charge is -2.32. The average Bonchev–Trinajstić information content (AvgIpc) is 2.38. The molecule has 1 fully saturated rings. The fourth-order valence-electron chi connectivity index (χ4n) is 2.63. The zero-order chi connectivity index (χ0) is 14.9. The third-order valence-electron chi connectivity index (χ3n) is 4.00. The minimum atomic E-state index is -3.54. The Morgan fingerprint density at radius 1 is 1.25 bits per heavy atom. The van der Waals surface area contributed by atoms with E-state index >= 15 is 0 Å². The minimum Gasteiger partial charge on any atom is -0.328 e. The second-order valence-electron chi connectivity index (χ2n) is 5.52. The molecule has 0 aliphatic heterocycles. The van der Waals surface area contributed by atoms with Gasteiger partial charge >= 0.3 is 0 Å². The molecule has 20 heavy (non-hydrogen) atoms. The van der Waals surface area contributed by atoms with Crippen LogP contribution in [0.25, 0.3) is 0 Å². The van der Waals surface area contributed by atoms with Gasteiger partial charge < -0.3 is 5.73 Å². The van der Waals surface area contributed by atoms with Crippen LogP contribution in [0.1, 0.15) is 31.2 Å². The molecule has 0 aromatic heterocycles. The van der Waals surface area contributed by atoms with Gasteiger partial charge in [-0.2, -0.15) is 4.31 Å². The summed E-state index contributed by atoms with van der Waals surface area (Å²) in [5.41, 5.74) is 6.81. The van der Waals surface area contributed by atoms with E-state index in [9.17, 15) is 8.42 Å². The lowest BCUT2D eigenvalue weighted by Crippen LogP contribution is -2.41.